The molecule has 0 spiro atoms. The summed E-state index contributed by atoms with van der Waals surface area (Å²) in [7, 11) is 0. The molecule has 0 nitrogen and oxygen atoms in total. The largest absolute Gasteiger partial charge is 0.317 e. The van der Waals surface area contributed by atoms with Crippen molar-refractivity contribution in [1.82, 2.24) is 0 Å². The van der Waals surface area contributed by atoms with Gasteiger partial charge in [0.2, 0.25) is 0 Å². The summed E-state index contributed by atoms with van der Waals surface area (Å²) < 4.78 is 31.8. The van der Waals surface area contributed by atoms with Crippen LogP contribution < -0.4 is 0 Å². The van der Waals surface area contributed by atoms with Crippen molar-refractivity contribution < 1.29 is 17.9 Å². The van der Waals surface area contributed by atoms with Gasteiger partial charge in [0.1, 0.15) is 0 Å². The molecule has 0 N–H and O–H groups in total. The summed E-state index contributed by atoms with van der Waals surface area (Å²) in [6.07, 6.45) is -2.48. The lowest BCUT2D eigenvalue weighted by molar-refractivity contribution is 0.393. The average Bonchev–Trinajstić information content (AvgIpc) is 1.72. The monoisotopic (exact) mass is 164 g/mol. The third-order valence-electron chi connectivity index (χ3n) is 0.143. The van der Waals surface area contributed by atoms with Crippen LogP contribution >= 0.6 is 11.6 Å². The number of rotatable bonds is 0. The molecule has 0 aromatic rings. The molecule has 0 aromatic heterocycles. The van der Waals surface area contributed by atoms with E-state index < -0.39 is 11.4 Å². The van der Waals surface area contributed by atoms with Crippen LogP contribution in [0.15, 0.2) is 24.5 Å². The van der Waals surface area contributed by atoms with E-state index >= 15 is 0 Å². The number of halogens is 5. The molecule has 0 unspecified atom stereocenters. The van der Waals surface area contributed by atoms with Gasteiger partial charge in [-0.25, -0.2) is 0 Å². The van der Waals surface area contributed by atoms with Crippen LogP contribution in [-0.4, -0.2) is 0 Å². The molecule has 0 heterocycles. The Morgan fingerprint density at radius 2 is 1.22 bits per heavy atom. The highest BCUT2D eigenvalue weighted by Crippen LogP contribution is 2.11. The lowest BCUT2D eigenvalue weighted by Crippen LogP contribution is -1.54. The molecule has 0 bridgehead atoms. The van der Waals surface area contributed by atoms with Crippen LogP contribution in [0.5, 0.6) is 0 Å². The highest BCUT2D eigenvalue weighted by atomic mass is 35.5. The van der Waals surface area contributed by atoms with E-state index in [1.54, 1.807) is 0 Å². The molecule has 0 radical (unpaired) electrons. The molecule has 5 heteroatoms. The minimum Gasteiger partial charge on any atom is -0.269 e. The third-order valence-corrected chi connectivity index (χ3v) is 0.286. The van der Waals surface area contributed by atoms with Gasteiger partial charge in [0.25, 0.3) is 5.29 Å². The molecule has 0 saturated heterocycles. The normalized spacial score (nSPS) is 5.78. The molecule has 0 aliphatic carbocycles. The molecule has 56 valence electrons. The summed E-state index contributed by atoms with van der Waals surface area (Å²) in [5, 5.41) is -1.94. The van der Waals surface area contributed by atoms with E-state index in [1.165, 1.54) is 0 Å². The molecule has 0 amide bonds. The maximum atomic E-state index is 10.7. The van der Waals surface area contributed by atoms with Crippen molar-refractivity contribution in [3.8, 4) is 0 Å². The van der Waals surface area contributed by atoms with Gasteiger partial charge >= 0.3 is 6.08 Å². The highest BCUT2D eigenvalue weighted by molar-refractivity contribution is 6.28. The standard InChI is InChI=1S/C2ClF3.C2H4.FH/c3-1(4)2(5)6;1-2;/h;1-2H2;1H. The predicted octanol–water partition coefficient (Wildman–Crippen LogP) is 3.22. The van der Waals surface area contributed by atoms with Crippen molar-refractivity contribution in [2.24, 2.45) is 0 Å². The van der Waals surface area contributed by atoms with E-state index in [9.17, 15) is 13.2 Å². The molecule has 0 aliphatic heterocycles. The first kappa shape index (κ1) is 15.8. The first-order chi connectivity index (χ1) is 3.64. The van der Waals surface area contributed by atoms with Crippen molar-refractivity contribution in [3.05, 3.63) is 24.5 Å². The predicted molar refractivity (Wildman–Crippen MR) is 30.0 cm³/mol. The smallest absolute Gasteiger partial charge is 0.269 e. The summed E-state index contributed by atoms with van der Waals surface area (Å²) >= 11 is 4.08. The fraction of sp³-hybridized carbons (Fsp3) is 0. The number of hydrogen-bond acceptors (Lipinski definition) is 0. The second-order valence-corrected chi connectivity index (χ2v) is 0.853. The Morgan fingerprint density at radius 1 is 1.11 bits per heavy atom. The van der Waals surface area contributed by atoms with Crippen LogP contribution in [0.1, 0.15) is 0 Å². The van der Waals surface area contributed by atoms with Gasteiger partial charge in [0.15, 0.2) is 0 Å². The summed E-state index contributed by atoms with van der Waals surface area (Å²) in [5.74, 6) is 0. The van der Waals surface area contributed by atoms with Gasteiger partial charge in [-0.3, -0.25) is 4.70 Å². The second-order valence-electron chi connectivity index (χ2n) is 0.521. The van der Waals surface area contributed by atoms with E-state index in [0.717, 1.165) is 0 Å². The zero-order valence-corrected chi connectivity index (χ0v) is 5.09. The highest BCUT2D eigenvalue weighted by Gasteiger charge is 1.95. The summed E-state index contributed by atoms with van der Waals surface area (Å²) in [6.45, 7) is 6.00. The molecule has 0 fully saturated rings. The summed E-state index contributed by atoms with van der Waals surface area (Å²) in [5.41, 5.74) is 0. The van der Waals surface area contributed by atoms with Crippen molar-refractivity contribution >= 4 is 11.6 Å². The Labute approximate surface area is 55.0 Å². The van der Waals surface area contributed by atoms with Crippen LogP contribution in [0.25, 0.3) is 0 Å². The van der Waals surface area contributed by atoms with E-state index in [4.69, 9.17) is 0 Å². The van der Waals surface area contributed by atoms with Gasteiger partial charge in [-0.1, -0.05) is 0 Å². The van der Waals surface area contributed by atoms with Crippen LogP contribution in [0.2, 0.25) is 0 Å². The SMILES string of the molecule is C=C.F.FC(F)=C(F)Cl. The molecule has 0 saturated carbocycles. The van der Waals surface area contributed by atoms with Crippen LogP contribution in [0.4, 0.5) is 17.9 Å². The molecule has 0 rings (SSSR count). The minimum atomic E-state index is -2.48. The second kappa shape index (κ2) is 10.5. The first-order valence-electron chi connectivity index (χ1n) is 1.51. The van der Waals surface area contributed by atoms with Crippen LogP contribution in [0, 0.1) is 0 Å². The molecule has 9 heavy (non-hydrogen) atoms. The summed E-state index contributed by atoms with van der Waals surface area (Å²) in [4.78, 5) is 0. The van der Waals surface area contributed by atoms with Gasteiger partial charge < -0.3 is 0 Å². The molecular weight excluding hydrogens is 159 g/mol. The first-order valence-corrected chi connectivity index (χ1v) is 1.88. The van der Waals surface area contributed by atoms with E-state index in [-0.39, 0.29) is 4.70 Å². The molecular formula is C4H5ClF4. The molecule has 0 aromatic carbocycles. The summed E-state index contributed by atoms with van der Waals surface area (Å²) in [6, 6.07) is 0. The minimum absolute atomic E-state index is 0. The van der Waals surface area contributed by atoms with Crippen molar-refractivity contribution in [2.75, 3.05) is 0 Å². The zero-order chi connectivity index (χ0) is 7.15. The fourth-order valence-corrected chi connectivity index (χ4v) is 0. The lowest BCUT2D eigenvalue weighted by Gasteiger charge is -1.70. The van der Waals surface area contributed by atoms with Crippen LogP contribution in [0.3, 0.4) is 0 Å². The third kappa shape index (κ3) is 18.5. The lowest BCUT2D eigenvalue weighted by atomic mass is 11.1. The van der Waals surface area contributed by atoms with E-state index in [1.807, 2.05) is 0 Å². The van der Waals surface area contributed by atoms with Crippen molar-refractivity contribution in [3.63, 3.8) is 0 Å². The van der Waals surface area contributed by atoms with E-state index in [2.05, 4.69) is 24.8 Å². The topological polar surface area (TPSA) is 0 Å². The Bertz CT molecular complexity index is 72.6. The maximum absolute atomic E-state index is 10.7. The van der Waals surface area contributed by atoms with Gasteiger partial charge in [-0.15, -0.1) is 13.2 Å². The van der Waals surface area contributed by atoms with Gasteiger partial charge in [-0.2, -0.15) is 13.2 Å². The Morgan fingerprint density at radius 3 is 1.22 bits per heavy atom. The fourth-order valence-electron chi connectivity index (χ4n) is 0. The van der Waals surface area contributed by atoms with Gasteiger partial charge in [-0.05, 0) is 11.6 Å². The van der Waals surface area contributed by atoms with Crippen molar-refractivity contribution in [1.29, 1.82) is 0 Å². The Kier molecular flexibility index (Phi) is 18.4. The zero-order valence-electron chi connectivity index (χ0n) is 4.33. The molecule has 0 atom stereocenters. The Hall–Kier alpha value is -0.510. The van der Waals surface area contributed by atoms with Crippen LogP contribution in [-0.2, 0) is 0 Å². The van der Waals surface area contributed by atoms with Gasteiger partial charge in [0, 0.05) is 0 Å². The quantitative estimate of drug-likeness (QED) is 0.381. The average molecular weight is 165 g/mol. The van der Waals surface area contributed by atoms with Gasteiger partial charge in [0.05, 0.1) is 0 Å². The molecule has 0 aliphatic rings. The maximum Gasteiger partial charge on any atom is 0.317 e. The number of hydrogen-bond donors (Lipinski definition) is 0. The van der Waals surface area contributed by atoms with E-state index in [0.29, 0.717) is 0 Å². The van der Waals surface area contributed by atoms with Crippen molar-refractivity contribution in [2.45, 2.75) is 0 Å². The Balaban J connectivity index is -0.000000109.